The smallest absolute Gasteiger partial charge is 0.0928 e. The second kappa shape index (κ2) is 7.45. The number of nitriles is 1. The van der Waals surface area contributed by atoms with Crippen LogP contribution in [0.3, 0.4) is 0 Å². The van der Waals surface area contributed by atoms with Crippen LogP contribution in [-0.2, 0) is 9.73 Å². The number of unbranched alkanes of at least 4 members (excludes halogenated alkanes) is 1. The molecular formula is C18H19N5OS. The topological polar surface area (TPSA) is 83.9 Å². The Labute approximate surface area is 147 Å². The van der Waals surface area contributed by atoms with Crippen molar-refractivity contribution in [2.45, 2.75) is 24.7 Å². The zero-order chi connectivity index (χ0) is 17.7. The summed E-state index contributed by atoms with van der Waals surface area (Å²) in [4.78, 5) is 4.81. The average Bonchev–Trinajstić information content (AvgIpc) is 3.06. The second-order valence-corrected chi connectivity index (χ2v) is 7.98. The molecule has 0 aliphatic heterocycles. The maximum atomic E-state index is 13.3. The van der Waals surface area contributed by atoms with Gasteiger partial charge in [-0.05, 0) is 43.7 Å². The summed E-state index contributed by atoms with van der Waals surface area (Å²) in [6, 6.07) is 11.5. The number of fused-ring (bicyclic) bond motifs is 1. The van der Waals surface area contributed by atoms with Crippen molar-refractivity contribution in [2.24, 2.45) is 4.36 Å². The summed E-state index contributed by atoms with van der Waals surface area (Å²) < 4.78 is 19.4. The Bertz CT molecular complexity index is 1030. The van der Waals surface area contributed by atoms with Crippen molar-refractivity contribution in [3.63, 3.8) is 0 Å². The van der Waals surface area contributed by atoms with Gasteiger partial charge in [-0.15, -0.1) is 0 Å². The molecule has 7 heteroatoms. The Morgan fingerprint density at radius 1 is 1.36 bits per heavy atom. The molecule has 0 spiro atoms. The molecule has 3 rings (SSSR count). The highest BCUT2D eigenvalue weighted by molar-refractivity contribution is 7.93. The van der Waals surface area contributed by atoms with Gasteiger partial charge in [0.1, 0.15) is 0 Å². The minimum atomic E-state index is -2.51. The number of hydrogen-bond donors (Lipinski definition) is 0. The summed E-state index contributed by atoms with van der Waals surface area (Å²) in [7, 11) is -2.51. The lowest BCUT2D eigenvalue weighted by atomic mass is 10.3. The van der Waals surface area contributed by atoms with E-state index >= 15 is 0 Å². The molecule has 0 bridgehead atoms. The third kappa shape index (κ3) is 3.69. The van der Waals surface area contributed by atoms with Crippen LogP contribution < -0.4 is 0 Å². The summed E-state index contributed by atoms with van der Waals surface area (Å²) in [5, 5.41) is 14.2. The van der Waals surface area contributed by atoms with Gasteiger partial charge in [0.05, 0.1) is 33.2 Å². The fourth-order valence-electron chi connectivity index (χ4n) is 2.64. The van der Waals surface area contributed by atoms with Crippen LogP contribution in [0.5, 0.6) is 0 Å². The van der Waals surface area contributed by atoms with Crippen LogP contribution in [0.2, 0.25) is 0 Å². The van der Waals surface area contributed by atoms with Crippen LogP contribution in [0.25, 0.3) is 16.6 Å². The molecule has 128 valence electrons. The lowest BCUT2D eigenvalue weighted by Gasteiger charge is -2.09. The van der Waals surface area contributed by atoms with Crippen molar-refractivity contribution in [2.75, 3.05) is 12.3 Å². The average molecular weight is 353 g/mol. The summed E-state index contributed by atoms with van der Waals surface area (Å²) >= 11 is 0. The van der Waals surface area contributed by atoms with Crippen molar-refractivity contribution in [1.82, 2.24) is 14.8 Å². The zero-order valence-corrected chi connectivity index (χ0v) is 14.8. The molecule has 0 aliphatic rings. The molecule has 0 aliphatic carbocycles. The first-order chi connectivity index (χ1) is 12.2. The standard InChI is InChI=1S/C18H19N5OS/c1-2-21-25(24,11-4-3-9-19)17-7-8-18-15(12-17)14-23(22-18)16-6-5-10-20-13-16/h5-8,10,12-14H,2-4,11H2,1H3. The SMILES string of the molecule is CCN=S(=O)(CCCC#N)c1ccc2nn(-c3cccnc3)cc2c1. The normalized spacial score (nSPS) is 13.3. The van der Waals surface area contributed by atoms with E-state index in [1.54, 1.807) is 17.1 Å². The van der Waals surface area contributed by atoms with Crippen LogP contribution >= 0.6 is 0 Å². The van der Waals surface area contributed by atoms with E-state index in [-0.39, 0.29) is 0 Å². The Balaban J connectivity index is 2.01. The first kappa shape index (κ1) is 17.1. The largest absolute Gasteiger partial charge is 0.262 e. The van der Waals surface area contributed by atoms with Gasteiger partial charge in [0, 0.05) is 41.4 Å². The monoisotopic (exact) mass is 353 g/mol. The van der Waals surface area contributed by atoms with Gasteiger partial charge >= 0.3 is 0 Å². The first-order valence-corrected chi connectivity index (χ1v) is 9.82. The molecule has 25 heavy (non-hydrogen) atoms. The van der Waals surface area contributed by atoms with Crippen LogP contribution in [0.1, 0.15) is 19.8 Å². The lowest BCUT2D eigenvalue weighted by molar-refractivity contribution is 0.672. The highest BCUT2D eigenvalue weighted by atomic mass is 32.2. The number of pyridine rings is 1. The Morgan fingerprint density at radius 3 is 2.96 bits per heavy atom. The predicted octanol–water partition coefficient (Wildman–Crippen LogP) is 3.57. The fraction of sp³-hybridized carbons (Fsp3) is 0.278. The summed E-state index contributed by atoms with van der Waals surface area (Å²) in [5.41, 5.74) is 1.69. The molecule has 1 aromatic carbocycles. The summed E-state index contributed by atoms with van der Waals surface area (Å²) in [5.74, 6) is 0.399. The van der Waals surface area contributed by atoms with Crippen LogP contribution in [0.4, 0.5) is 0 Å². The molecule has 0 amide bonds. The van der Waals surface area contributed by atoms with Gasteiger partial charge in [0.25, 0.3) is 0 Å². The van der Waals surface area contributed by atoms with Crippen LogP contribution in [0, 0.1) is 11.3 Å². The van der Waals surface area contributed by atoms with E-state index in [1.807, 2.05) is 43.5 Å². The van der Waals surface area contributed by atoms with Crippen molar-refractivity contribution in [3.05, 3.63) is 48.9 Å². The molecular weight excluding hydrogens is 334 g/mol. The maximum Gasteiger partial charge on any atom is 0.0928 e. The maximum absolute atomic E-state index is 13.3. The Hall–Kier alpha value is -2.72. The van der Waals surface area contributed by atoms with Gasteiger partial charge in [-0.3, -0.25) is 4.98 Å². The van der Waals surface area contributed by atoms with E-state index in [4.69, 9.17) is 5.26 Å². The number of nitrogens with zero attached hydrogens (tertiary/aromatic N) is 5. The van der Waals surface area contributed by atoms with E-state index in [9.17, 15) is 4.21 Å². The molecule has 0 N–H and O–H groups in total. The molecule has 0 saturated heterocycles. The number of hydrogen-bond acceptors (Lipinski definition) is 5. The van der Waals surface area contributed by atoms with Gasteiger partial charge in [0.15, 0.2) is 0 Å². The van der Waals surface area contributed by atoms with Crippen molar-refractivity contribution >= 4 is 20.6 Å². The van der Waals surface area contributed by atoms with Crippen LogP contribution in [0.15, 0.2) is 58.2 Å². The number of rotatable bonds is 6. The number of benzene rings is 1. The fourth-order valence-corrected chi connectivity index (χ4v) is 4.69. The van der Waals surface area contributed by atoms with Crippen molar-refractivity contribution in [1.29, 1.82) is 5.26 Å². The molecule has 0 saturated carbocycles. The van der Waals surface area contributed by atoms with E-state index < -0.39 is 9.73 Å². The molecule has 2 heterocycles. The van der Waals surface area contributed by atoms with Gasteiger partial charge < -0.3 is 0 Å². The van der Waals surface area contributed by atoms with Gasteiger partial charge in [0.2, 0.25) is 0 Å². The molecule has 1 unspecified atom stereocenters. The van der Waals surface area contributed by atoms with E-state index in [0.717, 1.165) is 16.6 Å². The molecule has 1 atom stereocenters. The third-order valence-electron chi connectivity index (χ3n) is 3.80. The number of aromatic nitrogens is 3. The highest BCUT2D eigenvalue weighted by Crippen LogP contribution is 2.23. The highest BCUT2D eigenvalue weighted by Gasteiger charge is 2.14. The van der Waals surface area contributed by atoms with Gasteiger partial charge in [-0.1, -0.05) is 0 Å². The third-order valence-corrected chi connectivity index (χ3v) is 6.31. The van der Waals surface area contributed by atoms with Crippen molar-refractivity contribution < 1.29 is 4.21 Å². The summed E-state index contributed by atoms with van der Waals surface area (Å²) in [6.07, 6.45) is 6.32. The molecule has 3 aromatic rings. The van der Waals surface area contributed by atoms with E-state index in [2.05, 4.69) is 20.5 Å². The zero-order valence-electron chi connectivity index (χ0n) is 14.0. The molecule has 0 radical (unpaired) electrons. The lowest BCUT2D eigenvalue weighted by Crippen LogP contribution is -2.07. The molecule has 2 aromatic heterocycles. The molecule has 6 nitrogen and oxygen atoms in total. The minimum absolute atomic E-state index is 0.386. The van der Waals surface area contributed by atoms with E-state index in [0.29, 0.717) is 30.0 Å². The van der Waals surface area contributed by atoms with E-state index in [1.165, 1.54) is 0 Å². The minimum Gasteiger partial charge on any atom is -0.262 e. The quantitative estimate of drug-likeness (QED) is 0.634. The second-order valence-electron chi connectivity index (χ2n) is 5.56. The van der Waals surface area contributed by atoms with Gasteiger partial charge in [-0.25, -0.2) is 13.3 Å². The summed E-state index contributed by atoms with van der Waals surface area (Å²) in [6.45, 7) is 2.36. The van der Waals surface area contributed by atoms with Gasteiger partial charge in [-0.2, -0.15) is 10.4 Å². The van der Waals surface area contributed by atoms with Crippen LogP contribution in [-0.4, -0.2) is 31.3 Å². The first-order valence-electron chi connectivity index (χ1n) is 8.14. The van der Waals surface area contributed by atoms with Crippen molar-refractivity contribution in [3.8, 4) is 11.8 Å². The Morgan fingerprint density at radius 2 is 2.24 bits per heavy atom. The molecule has 0 fully saturated rings. The predicted molar refractivity (Wildman–Crippen MR) is 98.0 cm³/mol. The Kier molecular flexibility index (Phi) is 5.10.